The third-order valence-electron chi connectivity index (χ3n) is 10.3. The minimum atomic E-state index is -5.81. The van der Waals surface area contributed by atoms with E-state index in [1.807, 2.05) is 12.1 Å². The van der Waals surface area contributed by atoms with Gasteiger partial charge in [0, 0.05) is 11.6 Å². The molecule has 314 valence electrons. The fraction of sp³-hybridized carbons (Fsp3) is 0.395. The number of sulfonamides is 1. The molecule has 8 nitrogen and oxygen atoms in total. The normalized spacial score (nSPS) is 16.3. The third-order valence-corrected chi connectivity index (χ3v) is 12.6. The average molecular weight is 863 g/mol. The third kappa shape index (κ3) is 9.26. The van der Waals surface area contributed by atoms with Crippen molar-refractivity contribution in [1.82, 2.24) is 4.31 Å². The Bertz CT molecular complexity index is 2390. The van der Waals surface area contributed by atoms with Gasteiger partial charge >= 0.3 is 5.97 Å². The van der Waals surface area contributed by atoms with E-state index in [1.54, 1.807) is 20.8 Å². The molecule has 0 N–H and O–H groups in total. The first kappa shape index (κ1) is 42.5. The summed E-state index contributed by atoms with van der Waals surface area (Å²) in [7, 11) is -5.81. The van der Waals surface area contributed by atoms with Crippen molar-refractivity contribution in [3.05, 3.63) is 122 Å². The Morgan fingerprint density at radius 1 is 0.780 bits per heavy atom. The van der Waals surface area contributed by atoms with Crippen molar-refractivity contribution in [3.8, 4) is 5.75 Å². The average Bonchev–Trinajstić information content (AvgIpc) is 4.00. The summed E-state index contributed by atoms with van der Waals surface area (Å²) >= 11 is 6.27. The van der Waals surface area contributed by atoms with E-state index in [4.69, 9.17) is 21.1 Å². The molecule has 3 aliphatic carbocycles. The van der Waals surface area contributed by atoms with Gasteiger partial charge in [0.15, 0.2) is 28.2 Å². The van der Waals surface area contributed by atoms with Gasteiger partial charge in [0.1, 0.15) is 23.2 Å². The van der Waals surface area contributed by atoms with Crippen molar-refractivity contribution in [2.45, 2.75) is 114 Å². The number of anilines is 1. The zero-order chi connectivity index (χ0) is 42.7. The molecule has 0 saturated heterocycles. The molecule has 0 radical (unpaired) electrons. The molecule has 0 unspecified atom stereocenters. The number of carbonyl (C=O) groups excluding carboxylic acids is 2. The van der Waals surface area contributed by atoms with E-state index in [0.29, 0.717) is 30.2 Å². The van der Waals surface area contributed by atoms with Crippen LogP contribution in [0.25, 0.3) is 0 Å². The number of rotatable bonds is 14. The van der Waals surface area contributed by atoms with Gasteiger partial charge in [-0.05, 0) is 131 Å². The van der Waals surface area contributed by atoms with Gasteiger partial charge < -0.3 is 14.4 Å². The summed E-state index contributed by atoms with van der Waals surface area (Å²) in [5, 5.41) is -0.346. The number of hydrogen-bond donors (Lipinski definition) is 0. The number of nitrogens with zero attached hydrogens (tertiary/aromatic N) is 2. The zero-order valence-electron chi connectivity index (χ0n) is 32.6. The van der Waals surface area contributed by atoms with E-state index in [0.717, 1.165) is 61.9 Å². The Balaban J connectivity index is 1.38. The van der Waals surface area contributed by atoms with Gasteiger partial charge in [-0.15, -0.1) is 0 Å². The molecule has 1 amide bonds. The van der Waals surface area contributed by atoms with Crippen LogP contribution in [0.1, 0.15) is 111 Å². The zero-order valence-corrected chi connectivity index (χ0v) is 34.1. The lowest BCUT2D eigenvalue weighted by Gasteiger charge is -2.33. The Kier molecular flexibility index (Phi) is 11.6. The number of carbonyl (C=O) groups is 2. The fourth-order valence-corrected chi connectivity index (χ4v) is 8.70. The molecule has 1 atom stereocenters. The van der Waals surface area contributed by atoms with Gasteiger partial charge in [0.25, 0.3) is 0 Å². The Morgan fingerprint density at radius 2 is 1.36 bits per heavy atom. The summed E-state index contributed by atoms with van der Waals surface area (Å²) in [6, 6.07) is 11.2. The molecule has 7 rings (SSSR count). The van der Waals surface area contributed by atoms with Gasteiger partial charge in [-0.3, -0.25) is 4.79 Å². The van der Waals surface area contributed by atoms with Crippen molar-refractivity contribution < 1.29 is 53.8 Å². The monoisotopic (exact) mass is 862 g/mol. The van der Waals surface area contributed by atoms with Crippen molar-refractivity contribution in [1.29, 1.82) is 0 Å². The summed E-state index contributed by atoms with van der Waals surface area (Å²) in [5.41, 5.74) is 1.99. The second kappa shape index (κ2) is 16.1. The van der Waals surface area contributed by atoms with Gasteiger partial charge in [0.2, 0.25) is 21.7 Å². The SMILES string of the molecule is C[C@H](C(=O)N(Cc1cc(C2CC2)cc(C2CC2)c1)c1ccc(C(=O)OC(C)(C)C)cc1OC1CC1)N(Cc1ccc(F)cc1Cl)S(=O)(=O)c1c(F)c(F)c(F)c(F)c1F. The molecule has 3 fully saturated rings. The maximum absolute atomic E-state index is 15.4. The van der Waals surface area contributed by atoms with Crippen LogP contribution in [0.5, 0.6) is 5.75 Å². The summed E-state index contributed by atoms with van der Waals surface area (Å²) in [5.74, 6) is -14.7. The minimum absolute atomic E-state index is 0.0768. The highest BCUT2D eigenvalue weighted by molar-refractivity contribution is 7.89. The van der Waals surface area contributed by atoms with E-state index >= 15 is 13.6 Å². The summed E-state index contributed by atoms with van der Waals surface area (Å²) in [6.45, 7) is 5.01. The predicted octanol–water partition coefficient (Wildman–Crippen LogP) is 10.2. The second-order valence-electron chi connectivity index (χ2n) is 16.3. The molecule has 0 aliphatic heterocycles. The van der Waals surface area contributed by atoms with Crippen molar-refractivity contribution >= 4 is 39.2 Å². The Labute approximate surface area is 343 Å². The first-order valence-corrected chi connectivity index (χ1v) is 21.0. The molecule has 0 heterocycles. The number of esters is 1. The van der Waals surface area contributed by atoms with Crippen molar-refractivity contribution in [3.63, 3.8) is 0 Å². The maximum atomic E-state index is 15.4. The van der Waals surface area contributed by atoms with E-state index in [9.17, 15) is 30.8 Å². The molecule has 0 aromatic heterocycles. The number of halogens is 7. The lowest BCUT2D eigenvalue weighted by molar-refractivity contribution is -0.122. The number of benzene rings is 4. The highest BCUT2D eigenvalue weighted by atomic mass is 35.5. The number of hydrogen-bond acceptors (Lipinski definition) is 6. The predicted molar refractivity (Wildman–Crippen MR) is 207 cm³/mol. The molecule has 4 aromatic carbocycles. The molecule has 3 saturated carbocycles. The summed E-state index contributed by atoms with van der Waals surface area (Å²) in [4.78, 5) is 27.4. The molecule has 16 heteroatoms. The first-order chi connectivity index (χ1) is 27.7. The highest BCUT2D eigenvalue weighted by Gasteiger charge is 2.43. The van der Waals surface area contributed by atoms with Crippen LogP contribution in [-0.4, -0.2) is 42.3 Å². The molecule has 0 bridgehead atoms. The van der Waals surface area contributed by atoms with Crippen LogP contribution in [-0.2, 0) is 32.6 Å². The van der Waals surface area contributed by atoms with Crippen molar-refractivity contribution in [2.75, 3.05) is 4.90 Å². The summed E-state index contributed by atoms with van der Waals surface area (Å²) < 4.78 is 129. The quantitative estimate of drug-likeness (QED) is 0.0543. The van der Waals surface area contributed by atoms with Gasteiger partial charge in [-0.1, -0.05) is 35.9 Å². The van der Waals surface area contributed by atoms with E-state index < -0.39 is 79.9 Å². The Hall–Kier alpha value is -4.60. The largest absolute Gasteiger partial charge is 0.488 e. The van der Waals surface area contributed by atoms with Crippen molar-refractivity contribution in [2.24, 2.45) is 0 Å². The number of ether oxygens (including phenoxy) is 2. The molecule has 4 aromatic rings. The van der Waals surface area contributed by atoms with Crippen LogP contribution in [0.15, 0.2) is 59.5 Å². The number of amides is 1. The first-order valence-electron chi connectivity index (χ1n) is 19.2. The lowest BCUT2D eigenvalue weighted by Crippen LogP contribution is -2.49. The lowest BCUT2D eigenvalue weighted by atomic mass is 9.99. The van der Waals surface area contributed by atoms with Crippen LogP contribution in [0, 0.1) is 34.9 Å². The molecular weight excluding hydrogens is 822 g/mol. The van der Waals surface area contributed by atoms with Gasteiger partial charge in [-0.2, -0.15) is 4.31 Å². The van der Waals surface area contributed by atoms with Crippen LogP contribution in [0.2, 0.25) is 5.02 Å². The maximum Gasteiger partial charge on any atom is 0.338 e. The molecule has 0 spiro atoms. The topological polar surface area (TPSA) is 93.2 Å². The van der Waals surface area contributed by atoms with Crippen LogP contribution in [0.3, 0.4) is 0 Å². The van der Waals surface area contributed by atoms with Crippen LogP contribution < -0.4 is 9.64 Å². The molecular formula is C43H41ClF6N2O6S. The van der Waals surface area contributed by atoms with E-state index in [2.05, 4.69) is 6.07 Å². The molecule has 59 heavy (non-hydrogen) atoms. The van der Waals surface area contributed by atoms with Gasteiger partial charge in [-0.25, -0.2) is 39.6 Å². The molecule has 3 aliphatic rings. The Morgan fingerprint density at radius 3 is 1.88 bits per heavy atom. The second-order valence-corrected chi connectivity index (χ2v) is 18.6. The highest BCUT2D eigenvalue weighted by Crippen LogP contribution is 2.46. The van der Waals surface area contributed by atoms with Crippen LogP contribution in [0.4, 0.5) is 32.0 Å². The van der Waals surface area contributed by atoms with E-state index in [-0.39, 0.29) is 44.5 Å². The standard InChI is InChI=1S/C43H41ClF6N2O6S/c1-22(52(21-27-9-11-30(45)19-32(27)44)59(55,56)40-38(49)36(47)35(46)37(48)39(40)50)41(53)51(20-23-15-28(24-5-6-24)17-29(16-23)25-7-8-25)33-14-10-26(42(54)58-43(2,3)4)18-34(33)57-31-12-13-31/h9-11,14-19,22,24-25,31H,5-8,12-13,20-21H2,1-4H3/t22-/m1/s1. The minimum Gasteiger partial charge on any atom is -0.488 e. The van der Waals surface area contributed by atoms with Crippen LogP contribution >= 0.6 is 11.6 Å². The smallest absolute Gasteiger partial charge is 0.338 e. The fourth-order valence-electron chi connectivity index (χ4n) is 6.79. The van der Waals surface area contributed by atoms with E-state index in [1.165, 1.54) is 23.1 Å². The van der Waals surface area contributed by atoms with Gasteiger partial charge in [0.05, 0.1) is 23.9 Å². The summed E-state index contributed by atoms with van der Waals surface area (Å²) in [6.07, 6.45) is 4.99.